The maximum absolute atomic E-state index is 13.7. The first-order valence-corrected chi connectivity index (χ1v) is 7.85. The third-order valence-electron chi connectivity index (χ3n) is 4.26. The summed E-state index contributed by atoms with van der Waals surface area (Å²) in [6.07, 6.45) is 0. The van der Waals surface area contributed by atoms with Crippen LogP contribution in [0.4, 0.5) is 10.1 Å². The maximum atomic E-state index is 13.7. The molecule has 1 aliphatic rings. The molecule has 0 spiro atoms. The Morgan fingerprint density at radius 2 is 2.04 bits per heavy atom. The Balaban J connectivity index is 1.78. The van der Waals surface area contributed by atoms with Crippen LogP contribution in [-0.2, 0) is 16.8 Å². The van der Waals surface area contributed by atoms with Crippen LogP contribution in [0.5, 0.6) is 0 Å². The van der Waals surface area contributed by atoms with Crippen LogP contribution in [0.3, 0.4) is 0 Å². The third-order valence-corrected chi connectivity index (χ3v) is 4.61. The molecular weight excluding hydrogens is 331 g/mol. The van der Waals surface area contributed by atoms with Crippen LogP contribution in [0.25, 0.3) is 0 Å². The first-order chi connectivity index (χ1) is 11.3. The van der Waals surface area contributed by atoms with E-state index in [9.17, 15) is 14.0 Å². The van der Waals surface area contributed by atoms with Crippen LogP contribution in [0.15, 0.2) is 36.4 Å². The highest BCUT2D eigenvalue weighted by Crippen LogP contribution is 2.37. The monoisotopic (exact) mass is 346 g/mol. The quantitative estimate of drug-likeness (QED) is 0.891. The molecule has 0 radical (unpaired) electrons. The van der Waals surface area contributed by atoms with E-state index in [0.717, 1.165) is 5.56 Å². The average molecular weight is 347 g/mol. The van der Waals surface area contributed by atoms with Gasteiger partial charge in [0.1, 0.15) is 5.82 Å². The fraction of sp³-hybridized carbons (Fsp3) is 0.222. The zero-order chi connectivity index (χ0) is 17.5. The summed E-state index contributed by atoms with van der Waals surface area (Å²) in [5.74, 6) is -0.935. The molecule has 24 heavy (non-hydrogen) atoms. The van der Waals surface area contributed by atoms with Gasteiger partial charge in [-0.1, -0.05) is 23.7 Å². The number of rotatable bonds is 3. The zero-order valence-electron chi connectivity index (χ0n) is 13.2. The number of fused-ring (bicyclic) bond motifs is 1. The molecule has 0 aliphatic carbocycles. The summed E-state index contributed by atoms with van der Waals surface area (Å²) in [5.41, 5.74) is 1.48. The van der Waals surface area contributed by atoms with Crippen LogP contribution in [-0.4, -0.2) is 11.8 Å². The number of hydrogen-bond donors (Lipinski definition) is 2. The molecule has 6 heteroatoms. The van der Waals surface area contributed by atoms with Gasteiger partial charge in [-0.05, 0) is 43.7 Å². The lowest BCUT2D eigenvalue weighted by atomic mass is 9.86. The molecule has 0 saturated carbocycles. The van der Waals surface area contributed by atoms with Crippen molar-refractivity contribution < 1.29 is 14.0 Å². The molecule has 0 bridgehead atoms. The molecule has 2 aromatic rings. The molecule has 1 heterocycles. The Bertz CT molecular complexity index is 829. The van der Waals surface area contributed by atoms with Crippen LogP contribution >= 0.6 is 11.6 Å². The number of nitrogens with one attached hydrogen (secondary N) is 2. The van der Waals surface area contributed by atoms with Crippen LogP contribution in [0.2, 0.25) is 5.02 Å². The summed E-state index contributed by atoms with van der Waals surface area (Å²) in [4.78, 5) is 24.2. The highest BCUT2D eigenvalue weighted by atomic mass is 35.5. The van der Waals surface area contributed by atoms with Gasteiger partial charge in [0, 0.05) is 28.4 Å². The molecule has 124 valence electrons. The Hall–Kier alpha value is -2.40. The minimum atomic E-state index is -0.620. The van der Waals surface area contributed by atoms with E-state index in [1.807, 2.05) is 13.8 Å². The van der Waals surface area contributed by atoms with Crippen molar-refractivity contribution in [1.29, 1.82) is 0 Å². The van der Waals surface area contributed by atoms with Crippen molar-refractivity contribution in [2.45, 2.75) is 25.8 Å². The average Bonchev–Trinajstić information content (AvgIpc) is 2.76. The molecule has 2 amide bonds. The van der Waals surface area contributed by atoms with Gasteiger partial charge in [0.15, 0.2) is 0 Å². The largest absolute Gasteiger partial charge is 0.348 e. The van der Waals surface area contributed by atoms with Crippen molar-refractivity contribution >= 4 is 29.1 Å². The zero-order valence-corrected chi connectivity index (χ0v) is 14.0. The van der Waals surface area contributed by atoms with Gasteiger partial charge in [-0.25, -0.2) is 4.39 Å². The predicted octanol–water partition coefficient (Wildman–Crippen LogP) is 3.64. The molecule has 3 rings (SSSR count). The second kappa shape index (κ2) is 5.91. The van der Waals surface area contributed by atoms with Crippen molar-refractivity contribution in [1.82, 2.24) is 5.32 Å². The summed E-state index contributed by atoms with van der Waals surface area (Å²) in [6.45, 7) is 3.64. The highest BCUT2D eigenvalue weighted by Gasteiger charge is 2.38. The lowest BCUT2D eigenvalue weighted by Crippen LogP contribution is -2.26. The van der Waals surface area contributed by atoms with Gasteiger partial charge < -0.3 is 10.6 Å². The summed E-state index contributed by atoms with van der Waals surface area (Å²) < 4.78 is 13.7. The second-order valence-electron chi connectivity index (χ2n) is 6.22. The number of benzene rings is 2. The summed E-state index contributed by atoms with van der Waals surface area (Å²) in [5, 5.41) is 5.68. The molecule has 1 aliphatic heterocycles. The Morgan fingerprint density at radius 3 is 2.75 bits per heavy atom. The van der Waals surface area contributed by atoms with E-state index >= 15 is 0 Å². The van der Waals surface area contributed by atoms with E-state index in [1.54, 1.807) is 24.3 Å². The number of anilines is 1. The Morgan fingerprint density at radius 1 is 1.29 bits per heavy atom. The standard InChI is InChI=1S/C18H16ClFN2O2/c1-18(2)12-7-6-10(8-15(12)22-17(18)24)16(23)21-9-11-13(19)4-3-5-14(11)20/h3-8H,9H2,1-2H3,(H,21,23)(H,22,24). The minimum Gasteiger partial charge on any atom is -0.348 e. The molecule has 0 aromatic heterocycles. The van der Waals surface area contributed by atoms with Gasteiger partial charge in [-0.2, -0.15) is 0 Å². The van der Waals surface area contributed by atoms with E-state index in [4.69, 9.17) is 11.6 Å². The molecule has 2 aromatic carbocycles. The van der Waals surface area contributed by atoms with Crippen molar-refractivity contribution in [2.24, 2.45) is 0 Å². The van der Waals surface area contributed by atoms with Crippen LogP contribution in [0.1, 0.15) is 35.3 Å². The van der Waals surface area contributed by atoms with E-state index in [1.165, 1.54) is 12.1 Å². The van der Waals surface area contributed by atoms with Crippen LogP contribution in [0, 0.1) is 5.82 Å². The summed E-state index contributed by atoms with van der Waals surface area (Å²) >= 11 is 5.94. The first-order valence-electron chi connectivity index (χ1n) is 7.48. The van der Waals surface area contributed by atoms with Crippen molar-refractivity contribution in [3.8, 4) is 0 Å². The fourth-order valence-corrected chi connectivity index (χ4v) is 2.94. The molecule has 2 N–H and O–H groups in total. The second-order valence-corrected chi connectivity index (χ2v) is 6.63. The maximum Gasteiger partial charge on any atom is 0.251 e. The van der Waals surface area contributed by atoms with Crippen molar-refractivity contribution in [3.05, 3.63) is 63.9 Å². The number of amides is 2. The molecule has 0 fully saturated rings. The molecule has 0 saturated heterocycles. The molecular formula is C18H16ClFN2O2. The van der Waals surface area contributed by atoms with Gasteiger partial charge in [0.25, 0.3) is 5.91 Å². The molecule has 0 unspecified atom stereocenters. The summed E-state index contributed by atoms with van der Waals surface area (Å²) in [7, 11) is 0. The van der Waals surface area contributed by atoms with Crippen molar-refractivity contribution in [2.75, 3.05) is 5.32 Å². The van der Waals surface area contributed by atoms with E-state index < -0.39 is 11.2 Å². The number of carbonyl (C=O) groups is 2. The fourth-order valence-electron chi connectivity index (χ4n) is 2.71. The smallest absolute Gasteiger partial charge is 0.251 e. The number of halogens is 2. The minimum absolute atomic E-state index is 0.0146. The Labute approximate surface area is 144 Å². The lowest BCUT2D eigenvalue weighted by molar-refractivity contribution is -0.119. The van der Waals surface area contributed by atoms with Gasteiger partial charge >= 0.3 is 0 Å². The SMILES string of the molecule is CC1(C)C(=O)Nc2cc(C(=O)NCc3c(F)cccc3Cl)ccc21. The highest BCUT2D eigenvalue weighted by molar-refractivity contribution is 6.31. The third kappa shape index (κ3) is 2.76. The number of carbonyl (C=O) groups excluding carboxylic acids is 2. The Kier molecular flexibility index (Phi) is 4.05. The summed E-state index contributed by atoms with van der Waals surface area (Å²) in [6, 6.07) is 9.41. The van der Waals surface area contributed by atoms with Crippen LogP contribution < -0.4 is 10.6 Å². The molecule has 4 nitrogen and oxygen atoms in total. The van der Waals surface area contributed by atoms with Gasteiger partial charge in [-0.3, -0.25) is 9.59 Å². The normalized spacial score (nSPS) is 14.9. The van der Waals surface area contributed by atoms with Crippen molar-refractivity contribution in [3.63, 3.8) is 0 Å². The van der Waals surface area contributed by atoms with E-state index in [2.05, 4.69) is 10.6 Å². The van der Waals surface area contributed by atoms with Gasteiger partial charge in [0.2, 0.25) is 5.91 Å². The van der Waals surface area contributed by atoms with Gasteiger partial charge in [-0.15, -0.1) is 0 Å². The van der Waals surface area contributed by atoms with Gasteiger partial charge in [0.05, 0.1) is 5.41 Å². The first kappa shape index (κ1) is 16.5. The lowest BCUT2D eigenvalue weighted by Gasteiger charge is -2.15. The number of hydrogen-bond acceptors (Lipinski definition) is 2. The van der Waals surface area contributed by atoms with E-state index in [-0.39, 0.29) is 28.9 Å². The topological polar surface area (TPSA) is 58.2 Å². The predicted molar refractivity (Wildman–Crippen MR) is 90.7 cm³/mol. The van der Waals surface area contributed by atoms with E-state index in [0.29, 0.717) is 11.3 Å². The molecule has 0 atom stereocenters.